The van der Waals surface area contributed by atoms with Crippen LogP contribution in [0.5, 0.6) is 0 Å². The molecule has 0 aromatic carbocycles. The first-order valence-corrected chi connectivity index (χ1v) is 4.84. The average Bonchev–Trinajstić information content (AvgIpc) is 2.19. The third-order valence-electron chi connectivity index (χ3n) is 2.18. The van der Waals surface area contributed by atoms with E-state index in [0.29, 0.717) is 6.42 Å². The van der Waals surface area contributed by atoms with Crippen LogP contribution < -0.4 is 5.32 Å². The lowest BCUT2D eigenvalue weighted by Gasteiger charge is -2.26. The highest BCUT2D eigenvalue weighted by Crippen LogP contribution is 2.10. The number of rotatable bonds is 5. The molecule has 0 bridgehead atoms. The normalized spacial score (nSPS) is 23.3. The van der Waals surface area contributed by atoms with E-state index in [1.165, 1.54) is 0 Å². The van der Waals surface area contributed by atoms with Crippen molar-refractivity contribution in [3.8, 4) is 0 Å². The molecule has 0 saturated carbocycles. The van der Waals surface area contributed by atoms with E-state index in [0.717, 1.165) is 6.42 Å². The molecule has 0 radical (unpaired) electrons. The smallest absolute Gasteiger partial charge is 0.224 e. The molecule has 2 atom stereocenters. The van der Waals surface area contributed by atoms with Gasteiger partial charge in [0.15, 0.2) is 0 Å². The molecule has 1 amide bonds. The van der Waals surface area contributed by atoms with Crippen molar-refractivity contribution in [1.29, 1.82) is 0 Å². The minimum atomic E-state index is -0.0172. The summed E-state index contributed by atoms with van der Waals surface area (Å²) in [6.45, 7) is 2.29. The molecule has 1 N–H and O–H groups in total. The maximum Gasteiger partial charge on any atom is 0.224 e. The molecule has 1 rings (SSSR count). The first kappa shape index (κ1) is 11.2. The fourth-order valence-electron chi connectivity index (χ4n) is 1.46. The summed E-state index contributed by atoms with van der Waals surface area (Å²) in [5.41, 5.74) is 0. The van der Waals surface area contributed by atoms with Gasteiger partial charge in [-0.25, -0.2) is 0 Å². The Bertz CT molecular complexity index is 215. The van der Waals surface area contributed by atoms with Crippen LogP contribution in [0.1, 0.15) is 19.8 Å². The van der Waals surface area contributed by atoms with Crippen molar-refractivity contribution in [3.05, 3.63) is 12.2 Å². The maximum atomic E-state index is 11.1. The first-order valence-electron chi connectivity index (χ1n) is 4.84. The molecule has 14 heavy (non-hydrogen) atoms. The van der Waals surface area contributed by atoms with Crippen LogP contribution in [0.15, 0.2) is 12.2 Å². The molecule has 80 valence electrons. The molecule has 0 aromatic heterocycles. The predicted octanol–water partition coefficient (Wildman–Crippen LogP) is 0.830. The van der Waals surface area contributed by atoms with E-state index < -0.39 is 0 Å². The van der Waals surface area contributed by atoms with Gasteiger partial charge < -0.3 is 14.8 Å². The van der Waals surface area contributed by atoms with Crippen LogP contribution >= 0.6 is 0 Å². The summed E-state index contributed by atoms with van der Waals surface area (Å²) in [4.78, 5) is 11.1. The van der Waals surface area contributed by atoms with Crippen LogP contribution in [0.2, 0.25) is 0 Å². The Morgan fingerprint density at radius 2 is 2.50 bits per heavy atom. The highest BCUT2D eigenvalue weighted by atomic mass is 16.7. The Balaban J connectivity index is 2.46. The summed E-state index contributed by atoms with van der Waals surface area (Å²) in [5.74, 6) is 0.0527. The van der Waals surface area contributed by atoms with Crippen LogP contribution in [0.25, 0.3) is 0 Å². The Morgan fingerprint density at radius 1 is 1.71 bits per heavy atom. The summed E-state index contributed by atoms with van der Waals surface area (Å²) < 4.78 is 10.3. The molecule has 0 unspecified atom stereocenters. The number of ether oxygens (including phenoxy) is 2. The van der Waals surface area contributed by atoms with Gasteiger partial charge in [-0.3, -0.25) is 4.79 Å². The van der Waals surface area contributed by atoms with E-state index in [2.05, 4.69) is 5.32 Å². The first-order chi connectivity index (χ1) is 6.77. The Hall–Kier alpha value is -0.870. The Labute approximate surface area is 84.3 Å². The van der Waals surface area contributed by atoms with E-state index >= 15 is 0 Å². The van der Waals surface area contributed by atoms with E-state index in [-0.39, 0.29) is 24.8 Å². The minimum Gasteiger partial charge on any atom is -0.359 e. The summed E-state index contributed by atoms with van der Waals surface area (Å²) in [5, 5.41) is 2.87. The maximum absolute atomic E-state index is 11.1. The van der Waals surface area contributed by atoms with Gasteiger partial charge in [-0.1, -0.05) is 19.1 Å². The molecule has 1 heterocycles. The van der Waals surface area contributed by atoms with Crippen molar-refractivity contribution in [2.75, 3.05) is 13.9 Å². The highest BCUT2D eigenvalue weighted by Gasteiger charge is 2.22. The number of methoxy groups -OCH3 is 1. The van der Waals surface area contributed by atoms with Gasteiger partial charge in [0.2, 0.25) is 5.91 Å². The second kappa shape index (κ2) is 5.78. The molecule has 0 aliphatic carbocycles. The molecule has 4 nitrogen and oxygen atoms in total. The number of nitrogens with one attached hydrogen (secondary N) is 1. The second-order valence-corrected chi connectivity index (χ2v) is 3.25. The number of amides is 1. The highest BCUT2D eigenvalue weighted by molar-refractivity contribution is 5.79. The van der Waals surface area contributed by atoms with Crippen LogP contribution in [0.3, 0.4) is 0 Å². The van der Waals surface area contributed by atoms with Gasteiger partial charge in [0, 0.05) is 13.5 Å². The van der Waals surface area contributed by atoms with Crippen LogP contribution in [-0.2, 0) is 14.3 Å². The van der Waals surface area contributed by atoms with Crippen molar-refractivity contribution < 1.29 is 14.3 Å². The fraction of sp³-hybridized carbons (Fsp3) is 0.700. The standard InChI is InChI=1S/C10H17NO3/c1-3-9(14-7-13-2)8-5-4-6-10(12)11-8/h4-5,8-9H,3,6-7H2,1-2H3,(H,11,12)/t8-,9+/m0/s1. The van der Waals surface area contributed by atoms with Crippen molar-refractivity contribution >= 4 is 5.91 Å². The largest absolute Gasteiger partial charge is 0.359 e. The molecule has 0 aromatic rings. The Kier molecular flexibility index (Phi) is 4.62. The van der Waals surface area contributed by atoms with Gasteiger partial charge in [0.25, 0.3) is 0 Å². The lowest BCUT2D eigenvalue weighted by Crippen LogP contribution is -2.44. The zero-order valence-corrected chi connectivity index (χ0v) is 8.66. The van der Waals surface area contributed by atoms with E-state index in [1.807, 2.05) is 19.1 Å². The lowest BCUT2D eigenvalue weighted by molar-refractivity contribution is -0.124. The number of hydrogen-bond acceptors (Lipinski definition) is 3. The van der Waals surface area contributed by atoms with Crippen molar-refractivity contribution in [2.24, 2.45) is 0 Å². The quantitative estimate of drug-likeness (QED) is 0.527. The molecule has 4 heteroatoms. The van der Waals surface area contributed by atoms with Gasteiger partial charge in [0.05, 0.1) is 12.1 Å². The second-order valence-electron chi connectivity index (χ2n) is 3.25. The minimum absolute atomic E-state index is 0.00421. The van der Waals surface area contributed by atoms with Crippen molar-refractivity contribution in [1.82, 2.24) is 5.32 Å². The number of carbonyl (C=O) groups is 1. The number of hydrogen-bond donors (Lipinski definition) is 1. The van der Waals surface area contributed by atoms with Gasteiger partial charge in [-0.2, -0.15) is 0 Å². The predicted molar refractivity (Wildman–Crippen MR) is 52.7 cm³/mol. The van der Waals surface area contributed by atoms with E-state index in [9.17, 15) is 4.79 Å². The molecule has 0 spiro atoms. The molecule has 0 saturated heterocycles. The van der Waals surface area contributed by atoms with Crippen molar-refractivity contribution in [2.45, 2.75) is 31.9 Å². The molecule has 1 aliphatic heterocycles. The van der Waals surface area contributed by atoms with Crippen LogP contribution in [0, 0.1) is 0 Å². The third-order valence-corrected chi connectivity index (χ3v) is 2.18. The summed E-state index contributed by atoms with van der Waals surface area (Å²) >= 11 is 0. The van der Waals surface area contributed by atoms with Gasteiger partial charge in [-0.05, 0) is 6.42 Å². The topological polar surface area (TPSA) is 47.6 Å². The van der Waals surface area contributed by atoms with Crippen LogP contribution in [-0.4, -0.2) is 32.0 Å². The molecule has 0 fully saturated rings. The average molecular weight is 199 g/mol. The lowest BCUT2D eigenvalue weighted by atomic mass is 10.0. The summed E-state index contributed by atoms with van der Waals surface area (Å²) in [7, 11) is 1.59. The SMILES string of the molecule is CC[C@@H](OCOC)[C@@H]1C=CCC(=O)N1. The molecular formula is C10H17NO3. The summed E-state index contributed by atoms with van der Waals surface area (Å²) in [6, 6.07) is -0.0172. The summed E-state index contributed by atoms with van der Waals surface area (Å²) in [6.07, 6.45) is 5.17. The zero-order valence-electron chi connectivity index (χ0n) is 8.66. The van der Waals surface area contributed by atoms with E-state index in [4.69, 9.17) is 9.47 Å². The number of carbonyl (C=O) groups excluding carboxylic acids is 1. The third kappa shape index (κ3) is 3.12. The van der Waals surface area contributed by atoms with Gasteiger partial charge in [0.1, 0.15) is 6.79 Å². The fourth-order valence-corrected chi connectivity index (χ4v) is 1.46. The molecule has 1 aliphatic rings. The van der Waals surface area contributed by atoms with Crippen molar-refractivity contribution in [3.63, 3.8) is 0 Å². The zero-order chi connectivity index (χ0) is 10.4. The molecular weight excluding hydrogens is 182 g/mol. The van der Waals surface area contributed by atoms with Crippen LogP contribution in [0.4, 0.5) is 0 Å². The Morgan fingerprint density at radius 3 is 3.07 bits per heavy atom. The van der Waals surface area contributed by atoms with E-state index in [1.54, 1.807) is 7.11 Å². The monoisotopic (exact) mass is 199 g/mol. The van der Waals surface area contributed by atoms with Gasteiger partial charge in [-0.15, -0.1) is 0 Å². The van der Waals surface area contributed by atoms with Gasteiger partial charge >= 0.3 is 0 Å².